The number of hydrogen-bond donors (Lipinski definition) is 1. The normalized spacial score (nSPS) is 19.5. The molecule has 8 nitrogen and oxygen atoms in total. The second kappa shape index (κ2) is 8.96. The minimum absolute atomic E-state index is 0.0141. The fourth-order valence-corrected chi connectivity index (χ4v) is 5.76. The van der Waals surface area contributed by atoms with Crippen LogP contribution >= 0.6 is 11.8 Å². The Labute approximate surface area is 197 Å². The van der Waals surface area contributed by atoms with Crippen molar-refractivity contribution in [2.75, 3.05) is 48.8 Å². The summed E-state index contributed by atoms with van der Waals surface area (Å²) in [5, 5.41) is 3.86. The summed E-state index contributed by atoms with van der Waals surface area (Å²) in [7, 11) is 0. The summed E-state index contributed by atoms with van der Waals surface area (Å²) in [4.78, 5) is 34.1. The number of urea groups is 1. The summed E-state index contributed by atoms with van der Waals surface area (Å²) in [5.74, 6) is 0.291. The molecule has 0 radical (unpaired) electrons. The highest BCUT2D eigenvalue weighted by molar-refractivity contribution is 7.99. The Kier molecular flexibility index (Phi) is 6.03. The number of aromatic nitrogens is 1. The second-order valence-corrected chi connectivity index (χ2v) is 9.73. The molecule has 0 saturated carbocycles. The number of anilines is 2. The molecule has 9 heteroatoms. The number of thioether (sulfide) groups is 1. The Morgan fingerprint density at radius 3 is 2.45 bits per heavy atom. The molecule has 3 aliphatic heterocycles. The van der Waals surface area contributed by atoms with Gasteiger partial charge in [0.15, 0.2) is 5.79 Å². The molecule has 33 heavy (non-hydrogen) atoms. The van der Waals surface area contributed by atoms with Gasteiger partial charge in [-0.1, -0.05) is 0 Å². The lowest BCUT2D eigenvalue weighted by molar-refractivity contribution is -0.181. The number of likely N-dealkylation sites (tertiary alicyclic amines) is 1. The molecule has 1 aromatic heterocycles. The van der Waals surface area contributed by atoms with Crippen LogP contribution in [0.1, 0.15) is 34.5 Å². The molecule has 3 amide bonds. The van der Waals surface area contributed by atoms with Gasteiger partial charge in [-0.25, -0.2) is 9.78 Å². The zero-order chi connectivity index (χ0) is 23.0. The van der Waals surface area contributed by atoms with Gasteiger partial charge in [-0.05, 0) is 49.7 Å². The Morgan fingerprint density at radius 1 is 1.06 bits per heavy atom. The lowest BCUT2D eigenvalue weighted by Crippen LogP contribution is -2.47. The van der Waals surface area contributed by atoms with Crippen molar-refractivity contribution in [3.63, 3.8) is 0 Å². The van der Waals surface area contributed by atoms with Crippen LogP contribution in [-0.2, 0) is 9.47 Å². The molecule has 1 aromatic carbocycles. The fourth-order valence-electron chi connectivity index (χ4n) is 4.68. The van der Waals surface area contributed by atoms with Crippen molar-refractivity contribution in [2.24, 2.45) is 0 Å². The molecule has 0 atom stereocenters. The van der Waals surface area contributed by atoms with Crippen LogP contribution in [-0.4, -0.2) is 66.2 Å². The second-order valence-electron chi connectivity index (χ2n) is 8.64. The number of carbonyl (C=O) groups excluding carboxylic acids is 2. The Balaban J connectivity index is 1.23. The van der Waals surface area contributed by atoms with Crippen molar-refractivity contribution in [3.05, 3.63) is 47.2 Å². The van der Waals surface area contributed by atoms with Gasteiger partial charge in [0.05, 0.1) is 18.9 Å². The number of hydrogen-bond acceptors (Lipinski definition) is 6. The topological polar surface area (TPSA) is 84.0 Å². The number of ether oxygens (including phenoxy) is 2. The first-order chi connectivity index (χ1) is 15.9. The molecule has 4 heterocycles. The SMILES string of the molecule is Cc1cc(C)c2c(n1)SCCN2C(=O)Nc1ccc(C(=O)N2CCC3(CC2)OCCO3)cc1. The van der Waals surface area contributed by atoms with Gasteiger partial charge in [0, 0.05) is 55.2 Å². The molecule has 5 rings (SSSR count). The molecular weight excluding hydrogens is 440 g/mol. The van der Waals surface area contributed by atoms with Crippen molar-refractivity contribution >= 4 is 35.1 Å². The van der Waals surface area contributed by atoms with Gasteiger partial charge in [-0.2, -0.15) is 0 Å². The molecule has 3 aliphatic rings. The summed E-state index contributed by atoms with van der Waals surface area (Å²) in [6.45, 7) is 7.06. The number of carbonyl (C=O) groups is 2. The number of rotatable bonds is 2. The Bertz CT molecular complexity index is 1060. The van der Waals surface area contributed by atoms with Crippen molar-refractivity contribution in [3.8, 4) is 0 Å². The molecule has 2 saturated heterocycles. The summed E-state index contributed by atoms with van der Waals surface area (Å²) in [6, 6.07) is 8.89. The van der Waals surface area contributed by atoms with Gasteiger partial charge >= 0.3 is 6.03 Å². The van der Waals surface area contributed by atoms with Gasteiger partial charge in [-0.15, -0.1) is 11.8 Å². The van der Waals surface area contributed by atoms with E-state index in [1.54, 1.807) is 40.9 Å². The minimum Gasteiger partial charge on any atom is -0.347 e. The number of nitrogens with zero attached hydrogens (tertiary/aromatic N) is 3. The van der Waals surface area contributed by atoms with Crippen LogP contribution in [0, 0.1) is 13.8 Å². The summed E-state index contributed by atoms with van der Waals surface area (Å²) in [6.07, 6.45) is 1.38. The lowest BCUT2D eigenvalue weighted by atomic mass is 10.0. The fraction of sp³-hybridized carbons (Fsp3) is 0.458. The predicted molar refractivity (Wildman–Crippen MR) is 127 cm³/mol. The number of amides is 3. The number of piperidine rings is 1. The molecular formula is C24H28N4O4S. The van der Waals surface area contributed by atoms with Crippen LogP contribution in [0.4, 0.5) is 16.2 Å². The average molecular weight is 469 g/mol. The van der Waals surface area contributed by atoms with Gasteiger partial charge in [0.25, 0.3) is 5.91 Å². The van der Waals surface area contributed by atoms with Crippen molar-refractivity contribution in [1.82, 2.24) is 9.88 Å². The van der Waals surface area contributed by atoms with Gasteiger partial charge in [0.2, 0.25) is 0 Å². The molecule has 2 aromatic rings. The first-order valence-corrected chi connectivity index (χ1v) is 12.3. The maximum atomic E-state index is 13.0. The third-order valence-corrected chi connectivity index (χ3v) is 7.30. The van der Waals surface area contributed by atoms with Crippen molar-refractivity contribution in [1.29, 1.82) is 0 Å². The third-order valence-electron chi connectivity index (χ3n) is 6.36. The van der Waals surface area contributed by atoms with Crippen LogP contribution in [0.5, 0.6) is 0 Å². The van der Waals surface area contributed by atoms with Crippen LogP contribution < -0.4 is 10.2 Å². The third kappa shape index (κ3) is 4.45. The first-order valence-electron chi connectivity index (χ1n) is 11.3. The predicted octanol–water partition coefficient (Wildman–Crippen LogP) is 3.82. The molecule has 174 valence electrons. The molecule has 2 fully saturated rings. The van der Waals surface area contributed by atoms with E-state index < -0.39 is 5.79 Å². The molecule has 0 bridgehead atoms. The number of nitrogens with one attached hydrogen (secondary N) is 1. The molecule has 1 N–H and O–H groups in total. The highest BCUT2D eigenvalue weighted by Crippen LogP contribution is 2.36. The minimum atomic E-state index is -0.497. The number of pyridine rings is 1. The Morgan fingerprint density at radius 2 is 1.76 bits per heavy atom. The zero-order valence-corrected chi connectivity index (χ0v) is 19.7. The van der Waals surface area contributed by atoms with Gasteiger partial charge in [0.1, 0.15) is 5.03 Å². The number of aryl methyl sites for hydroxylation is 2. The van der Waals surface area contributed by atoms with E-state index in [1.165, 1.54) is 0 Å². The average Bonchev–Trinajstić information content (AvgIpc) is 3.27. The monoisotopic (exact) mass is 468 g/mol. The maximum absolute atomic E-state index is 13.0. The van der Waals surface area contributed by atoms with Crippen LogP contribution in [0.25, 0.3) is 0 Å². The van der Waals surface area contributed by atoms with Crippen molar-refractivity contribution < 1.29 is 19.1 Å². The highest BCUT2D eigenvalue weighted by atomic mass is 32.2. The smallest absolute Gasteiger partial charge is 0.326 e. The standard InChI is InChI=1S/C24H28N4O4S/c1-16-15-17(2)25-21-20(16)28(11-14-33-21)23(30)26-19-5-3-18(4-6-19)22(29)27-9-7-24(8-10-27)31-12-13-32-24/h3-6,15H,7-14H2,1-2H3,(H,26,30). The largest absolute Gasteiger partial charge is 0.347 e. The van der Waals surface area contributed by atoms with E-state index in [9.17, 15) is 9.59 Å². The molecule has 0 aliphatic carbocycles. The van der Waals surface area contributed by atoms with E-state index in [0.717, 1.165) is 27.7 Å². The van der Waals surface area contributed by atoms with Gasteiger partial charge in [-0.3, -0.25) is 9.69 Å². The number of benzene rings is 1. The summed E-state index contributed by atoms with van der Waals surface area (Å²) >= 11 is 1.68. The van der Waals surface area contributed by atoms with Crippen LogP contribution in [0.3, 0.4) is 0 Å². The van der Waals surface area contributed by atoms with E-state index in [4.69, 9.17) is 9.47 Å². The van der Waals surface area contributed by atoms with Crippen LogP contribution in [0.15, 0.2) is 35.4 Å². The Hall–Kier alpha value is -2.62. The molecule has 0 unspecified atom stereocenters. The van der Waals surface area contributed by atoms with E-state index >= 15 is 0 Å². The zero-order valence-electron chi connectivity index (χ0n) is 18.9. The highest BCUT2D eigenvalue weighted by Gasteiger charge is 2.40. The maximum Gasteiger partial charge on any atom is 0.326 e. The van der Waals surface area contributed by atoms with Gasteiger partial charge < -0.3 is 19.7 Å². The molecule has 1 spiro atoms. The van der Waals surface area contributed by atoms with E-state index in [1.807, 2.05) is 24.8 Å². The van der Waals surface area contributed by atoms with Crippen molar-refractivity contribution in [2.45, 2.75) is 37.5 Å². The van der Waals surface area contributed by atoms with E-state index in [0.29, 0.717) is 56.9 Å². The quantitative estimate of drug-likeness (QED) is 0.721. The summed E-state index contributed by atoms with van der Waals surface area (Å²) in [5.41, 5.74) is 4.12. The summed E-state index contributed by atoms with van der Waals surface area (Å²) < 4.78 is 11.5. The number of fused-ring (bicyclic) bond motifs is 1. The lowest BCUT2D eigenvalue weighted by Gasteiger charge is -2.37. The van der Waals surface area contributed by atoms with E-state index in [-0.39, 0.29) is 11.9 Å². The first kappa shape index (κ1) is 22.2. The van der Waals surface area contributed by atoms with Crippen LogP contribution in [0.2, 0.25) is 0 Å². The van der Waals surface area contributed by atoms with E-state index in [2.05, 4.69) is 10.3 Å².